The van der Waals surface area contributed by atoms with E-state index in [1.165, 1.54) is 0 Å². The number of hydrogen-bond acceptors (Lipinski definition) is 6. The van der Waals surface area contributed by atoms with Gasteiger partial charge in [0.1, 0.15) is 0 Å². The molecule has 1 heterocycles. The van der Waals surface area contributed by atoms with Crippen LogP contribution in [-0.2, 0) is 24.0 Å². The van der Waals surface area contributed by atoms with E-state index in [1.807, 2.05) is 20.8 Å². The largest absolute Gasteiger partial charge is 0.513 e. The zero-order valence-corrected chi connectivity index (χ0v) is 11.9. The van der Waals surface area contributed by atoms with Gasteiger partial charge in [-0.25, -0.2) is 9.68 Å². The maximum Gasteiger partial charge on any atom is 0.513 e. The van der Waals surface area contributed by atoms with Crippen LogP contribution >= 0.6 is 0 Å². The van der Waals surface area contributed by atoms with E-state index in [9.17, 15) is 4.79 Å². The van der Waals surface area contributed by atoms with Gasteiger partial charge in [0.2, 0.25) is 12.6 Å². The molecule has 1 saturated heterocycles. The third kappa shape index (κ3) is 6.22. The Morgan fingerprint density at radius 1 is 0.789 bits per heavy atom. The second-order valence-electron chi connectivity index (χ2n) is 4.47. The molecule has 112 valence electrons. The van der Waals surface area contributed by atoms with Crippen molar-refractivity contribution in [3.05, 3.63) is 0 Å². The van der Waals surface area contributed by atoms with Crippen molar-refractivity contribution in [2.24, 2.45) is 0 Å². The van der Waals surface area contributed by atoms with Gasteiger partial charge in [0.05, 0.1) is 0 Å². The zero-order valence-electron chi connectivity index (χ0n) is 11.9. The van der Waals surface area contributed by atoms with E-state index < -0.39 is 25.0 Å². The smallest absolute Gasteiger partial charge is 0.404 e. The first-order chi connectivity index (χ1) is 9.19. The molecular weight excluding hydrogens is 252 g/mol. The lowest BCUT2D eigenvalue weighted by atomic mass is 10.3. The van der Waals surface area contributed by atoms with Crippen molar-refractivity contribution in [2.45, 2.75) is 78.2 Å². The Labute approximate surface area is 114 Å². The van der Waals surface area contributed by atoms with Crippen molar-refractivity contribution in [3.8, 4) is 0 Å². The van der Waals surface area contributed by atoms with Gasteiger partial charge in [-0.3, -0.25) is 0 Å². The quantitative estimate of drug-likeness (QED) is 0.546. The lowest BCUT2D eigenvalue weighted by Gasteiger charge is -2.20. The fourth-order valence-corrected chi connectivity index (χ4v) is 1.66. The van der Waals surface area contributed by atoms with Crippen LogP contribution in [0.3, 0.4) is 0 Å². The predicted molar refractivity (Wildman–Crippen MR) is 66.9 cm³/mol. The first-order valence-corrected chi connectivity index (χ1v) is 7.04. The van der Waals surface area contributed by atoms with Crippen LogP contribution in [0.25, 0.3) is 0 Å². The molecular formula is C13H24O6. The molecule has 6 nitrogen and oxygen atoms in total. The van der Waals surface area contributed by atoms with E-state index in [2.05, 4.69) is 0 Å². The second kappa shape index (κ2) is 9.12. The number of ether oxygens (including phenoxy) is 3. The summed E-state index contributed by atoms with van der Waals surface area (Å²) in [6.45, 7) is 5.96. The predicted octanol–water partition coefficient (Wildman–Crippen LogP) is 3.50. The molecule has 0 spiro atoms. The van der Waals surface area contributed by atoms with Gasteiger partial charge in [-0.15, -0.1) is 0 Å². The van der Waals surface area contributed by atoms with Gasteiger partial charge >= 0.3 is 6.16 Å². The Bertz CT molecular complexity index is 258. The van der Waals surface area contributed by atoms with Crippen molar-refractivity contribution in [1.29, 1.82) is 0 Å². The molecule has 0 aromatic rings. The minimum Gasteiger partial charge on any atom is -0.404 e. The third-order valence-corrected chi connectivity index (χ3v) is 2.60. The van der Waals surface area contributed by atoms with Crippen LogP contribution in [0.2, 0.25) is 0 Å². The summed E-state index contributed by atoms with van der Waals surface area (Å²) < 4.78 is 15.7. The van der Waals surface area contributed by atoms with Crippen LogP contribution in [0.4, 0.5) is 4.79 Å². The molecule has 1 rings (SSSR count). The normalized spacial score (nSPS) is 28.8. The first-order valence-electron chi connectivity index (χ1n) is 7.04. The average molecular weight is 276 g/mol. The zero-order chi connectivity index (χ0) is 14.1. The van der Waals surface area contributed by atoms with Gasteiger partial charge in [-0.2, -0.15) is 4.89 Å². The van der Waals surface area contributed by atoms with Crippen LogP contribution in [-0.4, -0.2) is 25.0 Å². The highest BCUT2D eigenvalue weighted by Crippen LogP contribution is 2.18. The summed E-state index contributed by atoms with van der Waals surface area (Å²) in [5.74, 6) is 0. The maximum atomic E-state index is 11.6. The van der Waals surface area contributed by atoms with E-state index in [0.717, 1.165) is 19.3 Å². The number of carbonyl (C=O) groups excluding carboxylic acids is 1. The minimum atomic E-state index is -0.780. The maximum absolute atomic E-state index is 11.6. The first kappa shape index (κ1) is 16.2. The Kier molecular flexibility index (Phi) is 7.78. The molecule has 0 aromatic carbocycles. The summed E-state index contributed by atoms with van der Waals surface area (Å²) in [5.41, 5.74) is 0. The fourth-order valence-electron chi connectivity index (χ4n) is 1.66. The fraction of sp³-hybridized carbons (Fsp3) is 0.923. The molecule has 0 bridgehead atoms. The second-order valence-corrected chi connectivity index (χ2v) is 4.47. The van der Waals surface area contributed by atoms with Crippen LogP contribution in [0.15, 0.2) is 0 Å². The number of cyclic esters (lactones) is 2. The molecule has 3 unspecified atom stereocenters. The van der Waals surface area contributed by atoms with Gasteiger partial charge in [0, 0.05) is 19.3 Å². The summed E-state index contributed by atoms with van der Waals surface area (Å²) in [6, 6.07) is 0. The molecule has 1 aliphatic heterocycles. The average Bonchev–Trinajstić information content (AvgIpc) is 2.41. The molecule has 6 heteroatoms. The highest BCUT2D eigenvalue weighted by atomic mass is 17.3. The lowest BCUT2D eigenvalue weighted by Crippen LogP contribution is -2.27. The van der Waals surface area contributed by atoms with E-state index >= 15 is 0 Å². The van der Waals surface area contributed by atoms with E-state index in [1.54, 1.807) is 0 Å². The van der Waals surface area contributed by atoms with Crippen molar-refractivity contribution in [2.75, 3.05) is 0 Å². The molecule has 3 atom stereocenters. The van der Waals surface area contributed by atoms with Gasteiger partial charge in [0.25, 0.3) is 0 Å². The van der Waals surface area contributed by atoms with Gasteiger partial charge < -0.3 is 14.2 Å². The molecule has 0 saturated carbocycles. The van der Waals surface area contributed by atoms with Crippen molar-refractivity contribution in [1.82, 2.24) is 0 Å². The molecule has 1 fully saturated rings. The van der Waals surface area contributed by atoms with Crippen LogP contribution in [0.5, 0.6) is 0 Å². The minimum absolute atomic E-state index is 0.546. The Balaban J connectivity index is 2.65. The number of carbonyl (C=O) groups is 1. The van der Waals surface area contributed by atoms with E-state index in [4.69, 9.17) is 24.0 Å². The summed E-state index contributed by atoms with van der Waals surface area (Å²) in [5, 5.41) is 0. The number of rotatable bonds is 6. The molecule has 0 N–H and O–H groups in total. The molecule has 0 aliphatic carbocycles. The van der Waals surface area contributed by atoms with Gasteiger partial charge in [-0.1, -0.05) is 40.0 Å². The topological polar surface area (TPSA) is 63.2 Å². The van der Waals surface area contributed by atoms with Crippen LogP contribution in [0, 0.1) is 0 Å². The SMILES string of the molecule is CCCC1OOC(CCC)OC(CCC)OC(=O)O1. The van der Waals surface area contributed by atoms with Crippen LogP contribution in [0.1, 0.15) is 59.3 Å². The van der Waals surface area contributed by atoms with Gasteiger partial charge in [-0.05, 0) is 0 Å². The van der Waals surface area contributed by atoms with Crippen molar-refractivity contribution >= 4 is 6.16 Å². The standard InChI is InChI=1S/C13H24O6/c1-4-7-10-15-11(8-5-2)18-19-12(9-6-3)17-13(14)16-10/h10-12H,4-9H2,1-3H3. The monoisotopic (exact) mass is 276 g/mol. The summed E-state index contributed by atoms with van der Waals surface area (Å²) in [6.07, 6.45) is 1.59. The Morgan fingerprint density at radius 2 is 1.26 bits per heavy atom. The molecule has 0 radical (unpaired) electrons. The summed E-state index contributed by atoms with van der Waals surface area (Å²) >= 11 is 0. The Hall–Kier alpha value is -0.850. The molecule has 0 aromatic heterocycles. The third-order valence-electron chi connectivity index (χ3n) is 2.60. The molecule has 19 heavy (non-hydrogen) atoms. The van der Waals surface area contributed by atoms with E-state index in [0.29, 0.717) is 19.3 Å². The van der Waals surface area contributed by atoms with Crippen molar-refractivity contribution in [3.63, 3.8) is 0 Å². The molecule has 0 amide bonds. The summed E-state index contributed by atoms with van der Waals surface area (Å²) in [4.78, 5) is 21.9. The van der Waals surface area contributed by atoms with Crippen LogP contribution < -0.4 is 0 Å². The van der Waals surface area contributed by atoms with Crippen molar-refractivity contribution < 1.29 is 28.8 Å². The highest BCUT2D eigenvalue weighted by molar-refractivity contribution is 5.60. The summed E-state index contributed by atoms with van der Waals surface area (Å²) in [7, 11) is 0. The van der Waals surface area contributed by atoms with E-state index in [-0.39, 0.29) is 0 Å². The number of hydrogen-bond donors (Lipinski definition) is 0. The lowest BCUT2D eigenvalue weighted by molar-refractivity contribution is -0.431. The highest BCUT2D eigenvalue weighted by Gasteiger charge is 2.27. The van der Waals surface area contributed by atoms with Gasteiger partial charge in [0.15, 0.2) is 6.29 Å². The molecule has 1 aliphatic rings. The Morgan fingerprint density at radius 3 is 1.89 bits per heavy atom.